The van der Waals surface area contributed by atoms with E-state index in [-0.39, 0.29) is 12.5 Å². The number of carbonyl (C=O) groups is 2. The summed E-state index contributed by atoms with van der Waals surface area (Å²) in [6, 6.07) is 8.13. The highest BCUT2D eigenvalue weighted by Crippen LogP contribution is 2.40. The molecule has 0 saturated heterocycles. The molecule has 11 heteroatoms. The molecule has 0 bridgehead atoms. The van der Waals surface area contributed by atoms with Crippen molar-refractivity contribution in [3.05, 3.63) is 57.0 Å². The molecule has 0 unspecified atom stereocenters. The van der Waals surface area contributed by atoms with Crippen LogP contribution in [0.2, 0.25) is 0 Å². The molecule has 0 fully saturated rings. The number of phenolic OH excluding ortho intramolecular Hbond substituents is 1. The van der Waals surface area contributed by atoms with Crippen molar-refractivity contribution in [1.82, 2.24) is 5.48 Å². The predicted octanol–water partition coefficient (Wildman–Crippen LogP) is 4.63. The van der Waals surface area contributed by atoms with Crippen molar-refractivity contribution in [2.75, 3.05) is 12.1 Å². The molecule has 9 nitrogen and oxygen atoms in total. The Morgan fingerprint density at radius 1 is 1.19 bits per heavy atom. The zero-order valence-electron chi connectivity index (χ0n) is 16.1. The monoisotopic (exact) mass is 556 g/mol. The van der Waals surface area contributed by atoms with E-state index in [0.717, 1.165) is 6.08 Å². The molecule has 0 aromatic heterocycles. The SMILES string of the molecule is C[C@@H](/C=C/C(=O)NO)[C@H](OC(=O)Nc1ccc2c(c1)OCO2)c1cc(Br)cc(Br)c1O. The fraction of sp³-hybridized carbons (Fsp3) is 0.200. The molecule has 2 aromatic carbocycles. The van der Waals surface area contributed by atoms with Gasteiger partial charge in [0.25, 0.3) is 5.91 Å². The van der Waals surface area contributed by atoms with E-state index >= 15 is 0 Å². The maximum atomic E-state index is 12.6. The summed E-state index contributed by atoms with van der Waals surface area (Å²) in [5, 5.41) is 21.8. The van der Waals surface area contributed by atoms with E-state index in [0.29, 0.717) is 31.7 Å². The number of fused-ring (bicyclic) bond motifs is 1. The molecular weight excluding hydrogens is 540 g/mol. The van der Waals surface area contributed by atoms with Crippen molar-refractivity contribution in [2.24, 2.45) is 5.92 Å². The van der Waals surface area contributed by atoms with E-state index in [9.17, 15) is 14.7 Å². The van der Waals surface area contributed by atoms with Crippen LogP contribution in [0.3, 0.4) is 0 Å². The second-order valence-electron chi connectivity index (χ2n) is 6.54. The number of hydrogen-bond acceptors (Lipinski definition) is 7. The fourth-order valence-electron chi connectivity index (χ4n) is 2.87. The van der Waals surface area contributed by atoms with Gasteiger partial charge < -0.3 is 19.3 Å². The van der Waals surface area contributed by atoms with Gasteiger partial charge in [0.15, 0.2) is 11.5 Å². The summed E-state index contributed by atoms with van der Waals surface area (Å²) in [4.78, 5) is 24.0. The molecule has 2 aromatic rings. The molecule has 0 aliphatic carbocycles. The summed E-state index contributed by atoms with van der Waals surface area (Å²) >= 11 is 6.61. The summed E-state index contributed by atoms with van der Waals surface area (Å²) in [7, 11) is 0. The minimum atomic E-state index is -0.967. The Balaban J connectivity index is 1.84. The number of aromatic hydroxyl groups is 1. The smallest absolute Gasteiger partial charge is 0.412 e. The maximum Gasteiger partial charge on any atom is 0.412 e. The number of carbonyl (C=O) groups excluding carboxylic acids is 2. The van der Waals surface area contributed by atoms with Gasteiger partial charge in [-0.3, -0.25) is 15.3 Å². The van der Waals surface area contributed by atoms with Crippen LogP contribution in [-0.2, 0) is 9.53 Å². The third-order valence-electron chi connectivity index (χ3n) is 4.36. The van der Waals surface area contributed by atoms with Crippen molar-refractivity contribution in [2.45, 2.75) is 13.0 Å². The molecule has 2 amide bonds. The number of hydroxylamine groups is 1. The minimum absolute atomic E-state index is 0.105. The van der Waals surface area contributed by atoms with Gasteiger partial charge in [0.05, 0.1) is 4.47 Å². The lowest BCUT2D eigenvalue weighted by atomic mass is 9.96. The molecule has 0 saturated carbocycles. The van der Waals surface area contributed by atoms with Crippen molar-refractivity contribution in [3.8, 4) is 17.2 Å². The topological polar surface area (TPSA) is 126 Å². The first-order chi connectivity index (χ1) is 14.8. The van der Waals surface area contributed by atoms with E-state index in [1.54, 1.807) is 37.3 Å². The molecule has 3 rings (SSSR count). The Morgan fingerprint density at radius 2 is 1.94 bits per heavy atom. The number of hydrogen-bond donors (Lipinski definition) is 4. The van der Waals surface area contributed by atoms with Gasteiger partial charge in [-0.25, -0.2) is 10.3 Å². The highest BCUT2D eigenvalue weighted by molar-refractivity contribution is 9.11. The number of anilines is 1. The van der Waals surface area contributed by atoms with Crippen molar-refractivity contribution in [3.63, 3.8) is 0 Å². The Hall–Kier alpha value is -2.76. The molecule has 1 aliphatic rings. The van der Waals surface area contributed by atoms with E-state index < -0.39 is 24.0 Å². The van der Waals surface area contributed by atoms with E-state index in [4.69, 9.17) is 19.4 Å². The van der Waals surface area contributed by atoms with Gasteiger partial charge in [-0.2, -0.15) is 0 Å². The quantitative estimate of drug-likeness (QED) is 0.232. The molecule has 0 spiro atoms. The Kier molecular flexibility index (Phi) is 7.42. The lowest BCUT2D eigenvalue weighted by Gasteiger charge is -2.24. The number of amides is 2. The van der Waals surface area contributed by atoms with Crippen LogP contribution in [0.5, 0.6) is 17.2 Å². The molecule has 1 heterocycles. The molecule has 164 valence electrons. The number of ether oxygens (including phenoxy) is 3. The van der Waals surface area contributed by atoms with Crippen LogP contribution in [0.1, 0.15) is 18.6 Å². The second-order valence-corrected chi connectivity index (χ2v) is 8.31. The molecule has 2 atom stereocenters. The molecular formula is C20H18Br2N2O7. The minimum Gasteiger partial charge on any atom is -0.506 e. The van der Waals surface area contributed by atoms with Gasteiger partial charge in [-0.15, -0.1) is 0 Å². The third-order valence-corrected chi connectivity index (χ3v) is 5.42. The predicted molar refractivity (Wildman–Crippen MR) is 117 cm³/mol. The number of benzene rings is 2. The standard InChI is InChI=1S/C20H18Br2N2O7/c1-10(2-5-17(25)24-28)19(13-6-11(21)7-14(22)18(13)26)31-20(27)23-12-3-4-15-16(8-12)30-9-29-15/h2-8,10,19,26,28H,9H2,1H3,(H,23,27)(H,24,25)/b5-2+/t10-,19-/m0/s1. The zero-order valence-corrected chi connectivity index (χ0v) is 19.3. The zero-order chi connectivity index (χ0) is 22.5. The van der Waals surface area contributed by atoms with Crippen LogP contribution in [0.4, 0.5) is 10.5 Å². The van der Waals surface area contributed by atoms with E-state index in [2.05, 4.69) is 37.2 Å². The fourth-order valence-corrected chi connectivity index (χ4v) is 4.13. The van der Waals surface area contributed by atoms with Crippen LogP contribution in [0, 0.1) is 5.92 Å². The van der Waals surface area contributed by atoms with Crippen molar-refractivity contribution in [1.29, 1.82) is 0 Å². The second kappa shape index (κ2) is 10.0. The van der Waals surface area contributed by atoms with Gasteiger partial charge in [0.1, 0.15) is 11.9 Å². The van der Waals surface area contributed by atoms with Gasteiger partial charge in [0, 0.05) is 33.8 Å². The van der Waals surface area contributed by atoms with Crippen LogP contribution in [0.15, 0.2) is 51.4 Å². The van der Waals surface area contributed by atoms with Crippen LogP contribution in [-0.4, -0.2) is 29.1 Å². The summed E-state index contributed by atoms with van der Waals surface area (Å²) in [5.74, 6) is -0.339. The van der Waals surface area contributed by atoms with Crippen molar-refractivity contribution >= 4 is 49.5 Å². The Morgan fingerprint density at radius 3 is 2.68 bits per heavy atom. The summed E-state index contributed by atoms with van der Waals surface area (Å²) < 4.78 is 17.2. The first-order valence-electron chi connectivity index (χ1n) is 8.96. The third kappa shape index (κ3) is 5.69. The average molecular weight is 558 g/mol. The lowest BCUT2D eigenvalue weighted by Crippen LogP contribution is -2.22. The normalized spacial score (nSPS) is 14.2. The average Bonchev–Trinajstić information content (AvgIpc) is 3.20. The highest BCUT2D eigenvalue weighted by atomic mass is 79.9. The van der Waals surface area contributed by atoms with Gasteiger partial charge in [-0.1, -0.05) is 28.9 Å². The van der Waals surface area contributed by atoms with Gasteiger partial charge >= 0.3 is 6.09 Å². The summed E-state index contributed by atoms with van der Waals surface area (Å²) in [6.07, 6.45) is 0.788. The first-order valence-corrected chi connectivity index (χ1v) is 10.5. The number of nitrogens with one attached hydrogen (secondary N) is 2. The maximum absolute atomic E-state index is 12.6. The summed E-state index contributed by atoms with van der Waals surface area (Å²) in [5.41, 5.74) is 2.23. The van der Waals surface area contributed by atoms with Gasteiger partial charge in [-0.05, 0) is 40.2 Å². The largest absolute Gasteiger partial charge is 0.506 e. The van der Waals surface area contributed by atoms with Crippen molar-refractivity contribution < 1.29 is 34.1 Å². The number of rotatable bonds is 6. The Labute approximate surface area is 194 Å². The highest BCUT2D eigenvalue weighted by Gasteiger charge is 2.27. The Bertz CT molecular complexity index is 1030. The number of halogens is 2. The van der Waals surface area contributed by atoms with Crippen LogP contribution in [0.25, 0.3) is 0 Å². The summed E-state index contributed by atoms with van der Waals surface area (Å²) in [6.45, 7) is 1.79. The molecule has 0 radical (unpaired) electrons. The van der Waals surface area contributed by atoms with E-state index in [1.807, 2.05) is 0 Å². The van der Waals surface area contributed by atoms with Crippen LogP contribution >= 0.6 is 31.9 Å². The van der Waals surface area contributed by atoms with Gasteiger partial charge in [0.2, 0.25) is 6.79 Å². The van der Waals surface area contributed by atoms with E-state index in [1.165, 1.54) is 11.6 Å². The van der Waals surface area contributed by atoms with Crippen LogP contribution < -0.4 is 20.3 Å². The molecule has 31 heavy (non-hydrogen) atoms. The lowest BCUT2D eigenvalue weighted by molar-refractivity contribution is -0.124. The molecule has 1 aliphatic heterocycles. The molecule has 4 N–H and O–H groups in total. The first kappa shape index (κ1) is 22.9. The number of phenols is 1.